The van der Waals surface area contributed by atoms with Crippen LogP contribution in [-0.2, 0) is 0 Å². The molecule has 0 heterocycles. The first kappa shape index (κ1) is 16.7. The Morgan fingerprint density at radius 3 is 1.56 bits per heavy atom. The van der Waals surface area contributed by atoms with E-state index < -0.39 is 8.24 Å². The summed E-state index contributed by atoms with van der Waals surface area (Å²) in [4.78, 5) is 3.92. The minimum atomic E-state index is -1.64. The molecule has 1 N–H and O–H groups in total. The number of halogens is 1. The smallest absolute Gasteiger partial charge is 0.150 e. The van der Waals surface area contributed by atoms with Crippen molar-refractivity contribution in [3.05, 3.63) is 0 Å². The summed E-state index contributed by atoms with van der Waals surface area (Å²) >= 11 is 3.97. The lowest BCUT2D eigenvalue weighted by Crippen LogP contribution is -2.69. The van der Waals surface area contributed by atoms with Crippen molar-refractivity contribution in [1.82, 2.24) is 4.98 Å². The van der Waals surface area contributed by atoms with E-state index in [1.807, 2.05) is 0 Å². The molecule has 16 heavy (non-hydrogen) atoms. The first-order valence-corrected chi connectivity index (χ1v) is 9.43. The number of alkyl halides is 1. The lowest BCUT2D eigenvalue weighted by Gasteiger charge is -2.54. The fourth-order valence-corrected chi connectivity index (χ4v) is 14.5. The van der Waals surface area contributed by atoms with Crippen molar-refractivity contribution in [2.45, 2.75) is 76.3 Å². The third-order valence-electron chi connectivity index (χ3n) is 3.65. The van der Waals surface area contributed by atoms with Gasteiger partial charge in [-0.25, -0.2) is 0 Å². The van der Waals surface area contributed by atoms with Crippen LogP contribution in [-0.4, -0.2) is 19.2 Å². The molecule has 0 aromatic heterocycles. The predicted octanol–water partition coefficient (Wildman–Crippen LogP) is 4.85. The normalized spacial score (nSPS) is 16.3. The van der Waals surface area contributed by atoms with Gasteiger partial charge in [0.2, 0.25) is 0 Å². The van der Waals surface area contributed by atoms with Gasteiger partial charge in [-0.3, -0.25) is 0 Å². The van der Waals surface area contributed by atoms with Gasteiger partial charge in [-0.1, -0.05) is 71.3 Å². The van der Waals surface area contributed by atoms with Crippen LogP contribution >= 0.6 is 15.9 Å². The summed E-state index contributed by atoms with van der Waals surface area (Å²) in [7, 11) is -1.64. The second-order valence-electron chi connectivity index (χ2n) is 6.71. The molecule has 0 saturated carbocycles. The minimum Gasteiger partial charge on any atom is -0.336 e. The van der Waals surface area contributed by atoms with Crippen LogP contribution in [0.3, 0.4) is 0 Å². The average Bonchev–Trinajstić information content (AvgIpc) is 2.08. The molecule has 1 unspecified atom stereocenters. The Morgan fingerprint density at radius 1 is 1.00 bits per heavy atom. The van der Waals surface area contributed by atoms with E-state index in [0.29, 0.717) is 14.5 Å². The molecular weight excluding hydrogens is 278 g/mol. The van der Waals surface area contributed by atoms with Gasteiger partial charge in [0.1, 0.15) is 8.24 Å². The lowest BCUT2D eigenvalue weighted by atomic mass is 10.2. The Morgan fingerprint density at radius 2 is 1.38 bits per heavy atom. The van der Waals surface area contributed by atoms with Crippen molar-refractivity contribution in [3.8, 4) is 0 Å². The topological polar surface area (TPSA) is 12.0 Å². The Balaban J connectivity index is 5.60. The molecule has 3 heteroatoms. The van der Waals surface area contributed by atoms with Crippen LogP contribution in [0, 0.1) is 0 Å². The van der Waals surface area contributed by atoms with E-state index in [1.165, 1.54) is 6.42 Å². The molecule has 0 saturated heterocycles. The van der Waals surface area contributed by atoms with Gasteiger partial charge in [-0.2, -0.15) is 0 Å². The van der Waals surface area contributed by atoms with Crippen LogP contribution in [0.1, 0.15) is 61.8 Å². The molecule has 0 aliphatic carbocycles. The van der Waals surface area contributed by atoms with Gasteiger partial charge >= 0.3 is 0 Å². The first-order valence-electron chi connectivity index (χ1n) is 6.43. The molecule has 0 rings (SSSR count). The largest absolute Gasteiger partial charge is 0.336 e. The molecule has 1 atom stereocenters. The molecule has 0 aliphatic heterocycles. The van der Waals surface area contributed by atoms with E-state index >= 15 is 0 Å². The van der Waals surface area contributed by atoms with Gasteiger partial charge in [0.05, 0.1) is 0 Å². The van der Waals surface area contributed by atoms with Crippen molar-refractivity contribution in [2.24, 2.45) is 0 Å². The fraction of sp³-hybridized carbons (Fsp3) is 1.00. The number of hydrogen-bond donors (Lipinski definition) is 1. The molecule has 0 spiro atoms. The van der Waals surface area contributed by atoms with Crippen LogP contribution < -0.4 is 4.98 Å². The molecule has 0 radical (unpaired) electrons. The van der Waals surface area contributed by atoms with Crippen LogP contribution in [0.25, 0.3) is 0 Å². The van der Waals surface area contributed by atoms with Crippen LogP contribution in [0.2, 0.25) is 10.1 Å². The quantitative estimate of drug-likeness (QED) is 0.578. The first-order chi connectivity index (χ1) is 7.04. The molecule has 0 bridgehead atoms. The van der Waals surface area contributed by atoms with Gasteiger partial charge in [0.25, 0.3) is 0 Å². The van der Waals surface area contributed by atoms with Gasteiger partial charge in [-0.15, -0.1) is 0 Å². The van der Waals surface area contributed by atoms with Gasteiger partial charge < -0.3 is 4.98 Å². The Bertz CT molecular complexity index is 201. The molecule has 0 fully saturated rings. The van der Waals surface area contributed by atoms with Gasteiger partial charge in [0, 0.05) is 4.45 Å². The zero-order valence-electron chi connectivity index (χ0n) is 12.4. The van der Waals surface area contributed by atoms with Crippen LogP contribution in [0.15, 0.2) is 0 Å². The maximum Gasteiger partial charge on any atom is 0.150 e. The van der Waals surface area contributed by atoms with Gasteiger partial charge in [0.15, 0.2) is 0 Å². The Labute approximate surface area is 112 Å². The van der Waals surface area contributed by atoms with Crippen LogP contribution in [0.5, 0.6) is 0 Å². The Kier molecular flexibility index (Phi) is 5.76. The van der Waals surface area contributed by atoms with E-state index in [9.17, 15) is 0 Å². The van der Waals surface area contributed by atoms with E-state index in [1.54, 1.807) is 0 Å². The zero-order chi connectivity index (χ0) is 13.2. The monoisotopic (exact) mass is 307 g/mol. The standard InChI is InChI=1S/C13H30BrNSi/c1-9-11(14)16(15-10-2,12(3,4)5)13(6,7)8/h11,15H,9-10H2,1-8H3. The highest BCUT2D eigenvalue weighted by molar-refractivity contribution is 9.10. The summed E-state index contributed by atoms with van der Waals surface area (Å²) in [5.41, 5.74) is 0. The second kappa shape index (κ2) is 5.53. The van der Waals surface area contributed by atoms with Crippen molar-refractivity contribution < 1.29 is 0 Å². The summed E-state index contributed by atoms with van der Waals surface area (Å²) < 4.78 is 0.625. The zero-order valence-corrected chi connectivity index (χ0v) is 15.0. The SMILES string of the molecule is CCN[Si](C(Br)CC)(C(C)(C)C)C(C)(C)C. The van der Waals surface area contributed by atoms with Crippen molar-refractivity contribution >= 4 is 24.2 Å². The summed E-state index contributed by atoms with van der Waals surface area (Å²) in [6.45, 7) is 20.0. The van der Waals surface area contributed by atoms with E-state index in [4.69, 9.17) is 0 Å². The van der Waals surface area contributed by atoms with Crippen molar-refractivity contribution in [1.29, 1.82) is 0 Å². The number of rotatable bonds is 4. The molecule has 0 aromatic rings. The summed E-state index contributed by atoms with van der Waals surface area (Å²) in [6, 6.07) is 0. The molecule has 98 valence electrons. The maximum absolute atomic E-state index is 3.97. The van der Waals surface area contributed by atoms with Crippen molar-refractivity contribution in [2.75, 3.05) is 6.54 Å². The second-order valence-corrected chi connectivity index (χ2v) is 14.3. The average molecular weight is 308 g/mol. The fourth-order valence-electron chi connectivity index (χ4n) is 3.29. The third kappa shape index (κ3) is 2.91. The van der Waals surface area contributed by atoms with E-state index in [0.717, 1.165) is 6.54 Å². The molecular formula is C13H30BrNSi. The highest BCUT2D eigenvalue weighted by Crippen LogP contribution is 2.53. The summed E-state index contributed by atoms with van der Waals surface area (Å²) in [5, 5.41) is 0.705. The molecule has 1 nitrogen and oxygen atoms in total. The predicted molar refractivity (Wildman–Crippen MR) is 81.9 cm³/mol. The van der Waals surface area contributed by atoms with E-state index in [2.05, 4.69) is 76.3 Å². The van der Waals surface area contributed by atoms with Gasteiger partial charge in [-0.05, 0) is 23.0 Å². The van der Waals surface area contributed by atoms with Crippen molar-refractivity contribution in [3.63, 3.8) is 0 Å². The maximum atomic E-state index is 3.97. The summed E-state index contributed by atoms with van der Waals surface area (Å²) in [6.07, 6.45) is 1.20. The summed E-state index contributed by atoms with van der Waals surface area (Å²) in [5.74, 6) is 0. The molecule has 0 aliphatic rings. The lowest BCUT2D eigenvalue weighted by molar-refractivity contribution is 0.567. The highest BCUT2D eigenvalue weighted by Gasteiger charge is 2.56. The number of nitrogens with one attached hydrogen (secondary N) is 1. The third-order valence-corrected chi connectivity index (χ3v) is 13.3. The highest BCUT2D eigenvalue weighted by atomic mass is 79.9. The minimum absolute atomic E-state index is 0.353. The molecule has 0 aromatic carbocycles. The Hall–Kier alpha value is 0.657. The van der Waals surface area contributed by atoms with Crippen LogP contribution in [0.4, 0.5) is 0 Å². The van der Waals surface area contributed by atoms with E-state index in [-0.39, 0.29) is 0 Å². The molecule has 0 amide bonds. The number of hydrogen-bond acceptors (Lipinski definition) is 1.